The van der Waals surface area contributed by atoms with Gasteiger partial charge in [-0.1, -0.05) is 30.3 Å². The van der Waals surface area contributed by atoms with Gasteiger partial charge in [-0.2, -0.15) is 0 Å². The van der Waals surface area contributed by atoms with Gasteiger partial charge in [-0.3, -0.25) is 9.69 Å². The van der Waals surface area contributed by atoms with Gasteiger partial charge in [0.15, 0.2) is 0 Å². The Bertz CT molecular complexity index is 680. The standard InChI is InChI=1S/C21H27N3O2/c1-2-26-20-10-8-19(9-11-20)22-16-21(25)24-14-12-23(13-15-24)17-18-6-4-3-5-7-18/h3-11,22H,2,12-17H2,1H3. The van der Waals surface area contributed by atoms with Gasteiger partial charge in [-0.15, -0.1) is 0 Å². The van der Waals surface area contributed by atoms with Gasteiger partial charge in [-0.05, 0) is 36.8 Å². The van der Waals surface area contributed by atoms with Crippen molar-refractivity contribution in [2.75, 3.05) is 44.6 Å². The van der Waals surface area contributed by atoms with Crippen LogP contribution in [0, 0.1) is 0 Å². The zero-order valence-electron chi connectivity index (χ0n) is 15.4. The quantitative estimate of drug-likeness (QED) is 0.831. The normalized spacial score (nSPS) is 14.9. The number of amides is 1. The predicted molar refractivity (Wildman–Crippen MR) is 104 cm³/mol. The van der Waals surface area contributed by atoms with Crippen molar-refractivity contribution >= 4 is 11.6 Å². The maximum Gasteiger partial charge on any atom is 0.241 e. The molecule has 26 heavy (non-hydrogen) atoms. The molecule has 0 aromatic heterocycles. The van der Waals surface area contributed by atoms with Crippen LogP contribution in [0.15, 0.2) is 54.6 Å². The van der Waals surface area contributed by atoms with Crippen molar-refractivity contribution in [1.82, 2.24) is 9.80 Å². The summed E-state index contributed by atoms with van der Waals surface area (Å²) in [5.74, 6) is 0.997. The molecular formula is C21H27N3O2. The van der Waals surface area contributed by atoms with E-state index < -0.39 is 0 Å². The minimum atomic E-state index is 0.151. The van der Waals surface area contributed by atoms with Crippen molar-refractivity contribution < 1.29 is 9.53 Å². The number of piperazine rings is 1. The minimum Gasteiger partial charge on any atom is -0.494 e. The Labute approximate surface area is 155 Å². The third kappa shape index (κ3) is 5.23. The highest BCUT2D eigenvalue weighted by Crippen LogP contribution is 2.15. The van der Waals surface area contributed by atoms with Gasteiger partial charge in [0.2, 0.25) is 5.91 Å². The smallest absolute Gasteiger partial charge is 0.241 e. The van der Waals surface area contributed by atoms with E-state index in [0.29, 0.717) is 13.2 Å². The molecule has 0 radical (unpaired) electrons. The van der Waals surface area contributed by atoms with Crippen molar-refractivity contribution in [3.8, 4) is 5.75 Å². The minimum absolute atomic E-state index is 0.151. The first kappa shape index (κ1) is 18.3. The van der Waals surface area contributed by atoms with Gasteiger partial charge >= 0.3 is 0 Å². The third-order valence-electron chi connectivity index (χ3n) is 4.58. The van der Waals surface area contributed by atoms with Crippen LogP contribution in [0.25, 0.3) is 0 Å². The first-order chi connectivity index (χ1) is 12.7. The molecular weight excluding hydrogens is 326 g/mol. The van der Waals surface area contributed by atoms with Gasteiger partial charge in [0.1, 0.15) is 5.75 Å². The van der Waals surface area contributed by atoms with E-state index in [1.807, 2.05) is 42.2 Å². The monoisotopic (exact) mass is 353 g/mol. The summed E-state index contributed by atoms with van der Waals surface area (Å²) in [6, 6.07) is 18.2. The molecule has 0 aliphatic carbocycles. The fourth-order valence-electron chi connectivity index (χ4n) is 3.12. The van der Waals surface area contributed by atoms with Gasteiger partial charge < -0.3 is 15.0 Å². The van der Waals surface area contributed by atoms with Crippen LogP contribution >= 0.6 is 0 Å². The molecule has 1 amide bonds. The Morgan fingerprint density at radius 2 is 1.69 bits per heavy atom. The van der Waals surface area contributed by atoms with Crippen molar-refractivity contribution in [3.63, 3.8) is 0 Å². The number of carbonyl (C=O) groups excluding carboxylic acids is 1. The van der Waals surface area contributed by atoms with Crippen LogP contribution in [0.3, 0.4) is 0 Å². The van der Waals surface area contributed by atoms with Crippen molar-refractivity contribution in [1.29, 1.82) is 0 Å². The van der Waals surface area contributed by atoms with E-state index in [1.54, 1.807) is 0 Å². The highest BCUT2D eigenvalue weighted by molar-refractivity contribution is 5.81. The largest absolute Gasteiger partial charge is 0.494 e. The topological polar surface area (TPSA) is 44.8 Å². The Kier molecular flexibility index (Phi) is 6.50. The molecule has 5 heteroatoms. The summed E-state index contributed by atoms with van der Waals surface area (Å²) in [5, 5.41) is 3.20. The van der Waals surface area contributed by atoms with Gasteiger partial charge in [0.05, 0.1) is 13.2 Å². The summed E-state index contributed by atoms with van der Waals surface area (Å²) < 4.78 is 5.43. The van der Waals surface area contributed by atoms with Crippen LogP contribution in [0.2, 0.25) is 0 Å². The van der Waals surface area contributed by atoms with Crippen LogP contribution < -0.4 is 10.1 Å². The lowest BCUT2D eigenvalue weighted by atomic mass is 10.2. The Morgan fingerprint density at radius 3 is 2.35 bits per heavy atom. The SMILES string of the molecule is CCOc1ccc(NCC(=O)N2CCN(Cc3ccccc3)CC2)cc1. The zero-order chi connectivity index (χ0) is 18.2. The molecule has 1 N–H and O–H groups in total. The molecule has 0 spiro atoms. The molecule has 5 nitrogen and oxygen atoms in total. The van der Waals surface area contributed by atoms with Crippen LogP contribution in [0.4, 0.5) is 5.69 Å². The first-order valence-electron chi connectivity index (χ1n) is 9.25. The molecule has 2 aromatic rings. The zero-order valence-corrected chi connectivity index (χ0v) is 15.4. The maximum atomic E-state index is 12.4. The number of nitrogens with zero attached hydrogens (tertiary/aromatic N) is 2. The predicted octanol–water partition coefficient (Wildman–Crippen LogP) is 2.84. The maximum absolute atomic E-state index is 12.4. The second kappa shape index (κ2) is 9.25. The Morgan fingerprint density at radius 1 is 1.00 bits per heavy atom. The second-order valence-corrected chi connectivity index (χ2v) is 6.45. The number of hydrogen-bond acceptors (Lipinski definition) is 4. The lowest BCUT2D eigenvalue weighted by molar-refractivity contribution is -0.131. The molecule has 0 saturated carbocycles. The number of nitrogens with one attached hydrogen (secondary N) is 1. The number of carbonyl (C=O) groups is 1. The molecule has 1 saturated heterocycles. The van der Waals surface area contributed by atoms with E-state index in [0.717, 1.165) is 44.2 Å². The molecule has 0 bridgehead atoms. The van der Waals surface area contributed by atoms with E-state index in [4.69, 9.17) is 4.74 Å². The van der Waals surface area contributed by atoms with E-state index in [2.05, 4.69) is 34.5 Å². The average Bonchev–Trinajstić information content (AvgIpc) is 2.69. The molecule has 0 atom stereocenters. The summed E-state index contributed by atoms with van der Waals surface area (Å²) in [4.78, 5) is 16.8. The van der Waals surface area contributed by atoms with Gasteiger partial charge in [-0.25, -0.2) is 0 Å². The number of anilines is 1. The van der Waals surface area contributed by atoms with Crippen LogP contribution in [0.1, 0.15) is 12.5 Å². The van der Waals surface area contributed by atoms with Crippen molar-refractivity contribution in [2.45, 2.75) is 13.5 Å². The molecule has 3 rings (SSSR count). The van der Waals surface area contributed by atoms with E-state index in [-0.39, 0.29) is 5.91 Å². The fourth-order valence-corrected chi connectivity index (χ4v) is 3.12. The van der Waals surface area contributed by atoms with Gasteiger partial charge in [0, 0.05) is 38.4 Å². The number of rotatable bonds is 7. The lowest BCUT2D eigenvalue weighted by Crippen LogP contribution is -2.49. The summed E-state index contributed by atoms with van der Waals surface area (Å²) in [5.41, 5.74) is 2.26. The van der Waals surface area contributed by atoms with Crippen LogP contribution in [0.5, 0.6) is 5.75 Å². The van der Waals surface area contributed by atoms with E-state index in [1.165, 1.54) is 5.56 Å². The first-order valence-corrected chi connectivity index (χ1v) is 9.25. The number of ether oxygens (including phenoxy) is 1. The molecule has 1 heterocycles. The average molecular weight is 353 g/mol. The number of hydrogen-bond donors (Lipinski definition) is 1. The van der Waals surface area contributed by atoms with Crippen LogP contribution in [-0.2, 0) is 11.3 Å². The fraction of sp³-hybridized carbons (Fsp3) is 0.381. The highest BCUT2D eigenvalue weighted by Gasteiger charge is 2.20. The van der Waals surface area contributed by atoms with Gasteiger partial charge in [0.25, 0.3) is 0 Å². The molecule has 2 aromatic carbocycles. The molecule has 1 fully saturated rings. The lowest BCUT2D eigenvalue weighted by Gasteiger charge is -2.34. The number of benzene rings is 2. The highest BCUT2D eigenvalue weighted by atomic mass is 16.5. The molecule has 0 unspecified atom stereocenters. The second-order valence-electron chi connectivity index (χ2n) is 6.45. The molecule has 1 aliphatic rings. The summed E-state index contributed by atoms with van der Waals surface area (Å²) >= 11 is 0. The summed E-state index contributed by atoms with van der Waals surface area (Å²) in [6.45, 7) is 7.31. The molecule has 1 aliphatic heterocycles. The van der Waals surface area contributed by atoms with Crippen molar-refractivity contribution in [3.05, 3.63) is 60.2 Å². The van der Waals surface area contributed by atoms with E-state index >= 15 is 0 Å². The Hall–Kier alpha value is -2.53. The van der Waals surface area contributed by atoms with E-state index in [9.17, 15) is 4.79 Å². The molecule has 138 valence electrons. The summed E-state index contributed by atoms with van der Waals surface area (Å²) in [7, 11) is 0. The van der Waals surface area contributed by atoms with Crippen molar-refractivity contribution in [2.24, 2.45) is 0 Å². The third-order valence-corrected chi connectivity index (χ3v) is 4.58. The Balaban J connectivity index is 1.40. The summed E-state index contributed by atoms with van der Waals surface area (Å²) in [6.07, 6.45) is 0. The van der Waals surface area contributed by atoms with Crippen LogP contribution in [-0.4, -0.2) is 55.0 Å².